The summed E-state index contributed by atoms with van der Waals surface area (Å²) in [7, 11) is -4.24. The van der Waals surface area contributed by atoms with Crippen molar-refractivity contribution in [3.8, 4) is 5.75 Å². The van der Waals surface area contributed by atoms with Gasteiger partial charge in [-0.25, -0.2) is 19.5 Å². The normalized spacial score (nSPS) is 23.2. The molecule has 0 saturated carbocycles. The SMILES string of the molecule is CC(C)OC(=O)[C@H](C)N[P@](=O)(OC[C@H]1O[C@@H](n2cnc3c(N)ncnc32)[C@H](N=[N+]=[N-])[C@@H]1O)Oc1ccccc1. The van der Waals surface area contributed by atoms with E-state index in [0.717, 1.165) is 0 Å². The number of aliphatic hydroxyl groups excluding tert-OH is 1. The Balaban J connectivity index is 1.55. The zero-order valence-electron chi connectivity index (χ0n) is 21.3. The number of nitrogens with zero attached hydrogens (tertiary/aromatic N) is 7. The number of esters is 1. The van der Waals surface area contributed by atoms with Gasteiger partial charge in [0.15, 0.2) is 11.5 Å². The highest BCUT2D eigenvalue weighted by molar-refractivity contribution is 7.52. The summed E-state index contributed by atoms with van der Waals surface area (Å²) < 4.78 is 37.6. The fourth-order valence-corrected chi connectivity index (χ4v) is 5.35. The molecule has 39 heavy (non-hydrogen) atoms. The lowest BCUT2D eigenvalue weighted by atomic mass is 10.1. The Labute approximate surface area is 222 Å². The van der Waals surface area contributed by atoms with Crippen LogP contribution in [-0.4, -0.2) is 67.6 Å². The second-order valence-corrected chi connectivity index (χ2v) is 10.6. The number of aliphatic hydroxyl groups is 1. The van der Waals surface area contributed by atoms with E-state index in [1.807, 2.05) is 0 Å². The van der Waals surface area contributed by atoms with Gasteiger partial charge in [0.2, 0.25) is 0 Å². The average Bonchev–Trinajstić information content (AvgIpc) is 3.45. The van der Waals surface area contributed by atoms with E-state index in [2.05, 4.69) is 30.1 Å². The molecule has 0 radical (unpaired) electrons. The van der Waals surface area contributed by atoms with Crippen LogP contribution in [0, 0.1) is 0 Å². The number of para-hydroxylation sites is 1. The first-order valence-corrected chi connectivity index (χ1v) is 13.4. The van der Waals surface area contributed by atoms with Gasteiger partial charge in [-0.2, -0.15) is 5.09 Å². The number of rotatable bonds is 11. The van der Waals surface area contributed by atoms with Gasteiger partial charge in [0, 0.05) is 4.91 Å². The Bertz CT molecular complexity index is 1400. The second kappa shape index (κ2) is 11.9. The van der Waals surface area contributed by atoms with Gasteiger partial charge in [-0.05, 0) is 38.4 Å². The molecular weight excluding hydrogens is 533 g/mol. The topological polar surface area (TPSA) is 222 Å². The van der Waals surface area contributed by atoms with Gasteiger partial charge in [-0.15, -0.1) is 0 Å². The van der Waals surface area contributed by atoms with Crippen LogP contribution < -0.4 is 15.3 Å². The van der Waals surface area contributed by atoms with E-state index in [0.29, 0.717) is 5.52 Å². The molecule has 1 aliphatic heterocycles. The number of hydrogen-bond donors (Lipinski definition) is 3. The molecule has 1 saturated heterocycles. The molecule has 4 N–H and O–H groups in total. The summed E-state index contributed by atoms with van der Waals surface area (Å²) in [5.41, 5.74) is 15.6. The zero-order chi connectivity index (χ0) is 28.2. The molecule has 3 aromatic rings. The number of nitrogens with one attached hydrogen (secondary N) is 1. The van der Waals surface area contributed by atoms with E-state index in [9.17, 15) is 14.5 Å². The smallest absolute Gasteiger partial charge is 0.459 e. The van der Waals surface area contributed by atoms with Gasteiger partial charge in [-0.1, -0.05) is 23.3 Å². The first-order chi connectivity index (χ1) is 18.6. The van der Waals surface area contributed by atoms with Gasteiger partial charge in [0.1, 0.15) is 42.0 Å². The van der Waals surface area contributed by atoms with Crippen molar-refractivity contribution in [3.63, 3.8) is 0 Å². The van der Waals surface area contributed by atoms with Gasteiger partial charge in [0.25, 0.3) is 0 Å². The van der Waals surface area contributed by atoms with Crippen LogP contribution in [0.25, 0.3) is 21.6 Å². The maximum atomic E-state index is 13.7. The molecule has 4 rings (SSSR count). The van der Waals surface area contributed by atoms with Gasteiger partial charge in [0.05, 0.1) is 25.1 Å². The molecule has 6 atom stereocenters. The summed E-state index contributed by atoms with van der Waals surface area (Å²) in [5.74, 6) is -0.329. The van der Waals surface area contributed by atoms with Crippen molar-refractivity contribution in [2.75, 3.05) is 12.3 Å². The number of ether oxygens (including phenoxy) is 2. The predicted molar refractivity (Wildman–Crippen MR) is 137 cm³/mol. The van der Waals surface area contributed by atoms with Crippen molar-refractivity contribution in [1.82, 2.24) is 24.6 Å². The van der Waals surface area contributed by atoms with Crippen molar-refractivity contribution >= 4 is 30.7 Å². The standard InChI is InChI=1S/C22H28N9O7P/c1-12(2)36-22(33)13(3)29-39(34,38-14-7-5-4-6-8-14)35-9-15-18(32)16(28-30-24)21(37-15)31-11-27-17-19(23)25-10-26-20(17)31/h4-8,10-13,15-16,18,21,32H,9H2,1-3H3,(H,29,34)(H2,23,25,26)/t13-,15+,16+,18+,21+,39-/m0/s1. The molecule has 3 heterocycles. The molecule has 16 nitrogen and oxygen atoms in total. The molecular formula is C22H28N9O7P. The van der Waals surface area contributed by atoms with Crippen molar-refractivity contribution in [2.24, 2.45) is 5.11 Å². The number of benzene rings is 1. The minimum absolute atomic E-state index is 0.132. The largest absolute Gasteiger partial charge is 0.462 e. The zero-order valence-corrected chi connectivity index (χ0v) is 22.2. The molecule has 1 aromatic carbocycles. The molecule has 2 aromatic heterocycles. The second-order valence-electron chi connectivity index (χ2n) is 8.87. The first kappa shape index (κ1) is 28.2. The van der Waals surface area contributed by atoms with E-state index in [-0.39, 0.29) is 17.2 Å². The summed E-state index contributed by atoms with van der Waals surface area (Å²) in [6, 6.07) is 6.00. The van der Waals surface area contributed by atoms with Crippen molar-refractivity contribution < 1.29 is 33.0 Å². The Morgan fingerprint density at radius 3 is 2.74 bits per heavy atom. The van der Waals surface area contributed by atoms with Crippen LogP contribution in [0.5, 0.6) is 5.75 Å². The lowest BCUT2D eigenvalue weighted by Crippen LogP contribution is -2.37. The molecule has 0 unspecified atom stereocenters. The average molecular weight is 561 g/mol. The Hall–Kier alpha value is -3.78. The number of nitrogens with two attached hydrogens (primary N) is 1. The minimum atomic E-state index is -4.24. The lowest BCUT2D eigenvalue weighted by Gasteiger charge is -2.25. The van der Waals surface area contributed by atoms with Crippen LogP contribution >= 0.6 is 7.75 Å². The monoisotopic (exact) mass is 561 g/mol. The molecule has 1 fully saturated rings. The molecule has 208 valence electrons. The number of anilines is 1. The number of carbonyl (C=O) groups excluding carboxylic acids is 1. The van der Waals surface area contributed by atoms with Crippen LogP contribution in [0.2, 0.25) is 0 Å². The number of azide groups is 1. The quantitative estimate of drug-likeness (QED) is 0.101. The summed E-state index contributed by atoms with van der Waals surface area (Å²) in [4.78, 5) is 27.4. The number of aromatic nitrogens is 4. The predicted octanol–water partition coefficient (Wildman–Crippen LogP) is 2.48. The maximum Gasteiger partial charge on any atom is 0.459 e. The van der Waals surface area contributed by atoms with E-state index < -0.39 is 56.9 Å². The van der Waals surface area contributed by atoms with Crippen LogP contribution in [0.3, 0.4) is 0 Å². The third-order valence-corrected chi connectivity index (χ3v) is 7.26. The fourth-order valence-electron chi connectivity index (χ4n) is 3.84. The molecule has 0 bridgehead atoms. The lowest BCUT2D eigenvalue weighted by molar-refractivity contribution is -0.149. The Kier molecular flexibility index (Phi) is 8.65. The van der Waals surface area contributed by atoms with Crippen molar-refractivity contribution in [2.45, 2.75) is 57.4 Å². The fraction of sp³-hybridized carbons (Fsp3) is 0.455. The molecule has 1 aliphatic rings. The summed E-state index contributed by atoms with van der Waals surface area (Å²) in [6.07, 6.45) is -1.35. The highest BCUT2D eigenvalue weighted by atomic mass is 31.2. The molecule has 0 spiro atoms. The number of nitrogen functional groups attached to an aromatic ring is 1. The van der Waals surface area contributed by atoms with Crippen LogP contribution in [0.4, 0.5) is 5.82 Å². The Morgan fingerprint density at radius 2 is 2.05 bits per heavy atom. The summed E-state index contributed by atoms with van der Waals surface area (Å²) in [5, 5.41) is 17.2. The molecule has 17 heteroatoms. The highest BCUT2D eigenvalue weighted by Crippen LogP contribution is 2.46. The third kappa shape index (κ3) is 6.45. The van der Waals surface area contributed by atoms with Crippen LogP contribution in [-0.2, 0) is 23.4 Å². The summed E-state index contributed by atoms with van der Waals surface area (Å²) in [6.45, 7) is 4.34. The minimum Gasteiger partial charge on any atom is -0.462 e. The molecule has 0 aliphatic carbocycles. The van der Waals surface area contributed by atoms with Gasteiger partial charge < -0.3 is 24.8 Å². The Morgan fingerprint density at radius 1 is 1.31 bits per heavy atom. The number of imidazole rings is 1. The first-order valence-electron chi connectivity index (χ1n) is 11.9. The van der Waals surface area contributed by atoms with Crippen molar-refractivity contribution in [1.29, 1.82) is 0 Å². The van der Waals surface area contributed by atoms with E-state index in [1.54, 1.807) is 44.2 Å². The van der Waals surface area contributed by atoms with E-state index >= 15 is 0 Å². The van der Waals surface area contributed by atoms with Gasteiger partial charge in [-0.3, -0.25) is 13.9 Å². The number of carbonyl (C=O) groups is 1. The van der Waals surface area contributed by atoms with Gasteiger partial charge >= 0.3 is 13.7 Å². The summed E-state index contributed by atoms with van der Waals surface area (Å²) >= 11 is 0. The number of hydrogen-bond acceptors (Lipinski definition) is 12. The van der Waals surface area contributed by atoms with Crippen LogP contribution in [0.1, 0.15) is 27.0 Å². The van der Waals surface area contributed by atoms with E-state index in [1.165, 1.54) is 24.1 Å². The molecule has 0 amide bonds. The van der Waals surface area contributed by atoms with Crippen molar-refractivity contribution in [3.05, 3.63) is 53.4 Å². The highest BCUT2D eigenvalue weighted by Gasteiger charge is 2.46. The number of fused-ring (bicyclic) bond motifs is 1. The van der Waals surface area contributed by atoms with E-state index in [4.69, 9.17) is 29.8 Å². The third-order valence-electron chi connectivity index (χ3n) is 5.62. The maximum absolute atomic E-state index is 13.7. The van der Waals surface area contributed by atoms with Crippen LogP contribution in [0.15, 0.2) is 48.1 Å².